The van der Waals surface area contributed by atoms with Crippen LogP contribution in [0.5, 0.6) is 0 Å². The fourth-order valence-corrected chi connectivity index (χ4v) is 2.29. The number of phosphoric acid groups is 1. The molecule has 0 saturated carbocycles. The number of carbonyl (C=O) groups is 1. The van der Waals surface area contributed by atoms with Crippen LogP contribution in [0.25, 0.3) is 0 Å². The van der Waals surface area contributed by atoms with Gasteiger partial charge < -0.3 is 20.8 Å². The summed E-state index contributed by atoms with van der Waals surface area (Å²) < 4.78 is 33.0. The summed E-state index contributed by atoms with van der Waals surface area (Å²) in [6, 6.07) is 6.09. The van der Waals surface area contributed by atoms with Gasteiger partial charge >= 0.3 is 7.82 Å². The Hall–Kier alpha value is -1.29. The number of hydrogen-bond donors (Lipinski definition) is 5. The molecule has 0 spiro atoms. The van der Waals surface area contributed by atoms with Gasteiger partial charge in [0.1, 0.15) is 4.90 Å². The second-order valence-corrected chi connectivity index (χ2v) is 5.62. The second kappa shape index (κ2) is 5.57. The number of benzene rings is 1. The molecule has 0 radical (unpaired) electrons. The first-order chi connectivity index (χ1) is 7.61. The summed E-state index contributed by atoms with van der Waals surface area (Å²) in [4.78, 5) is 32.6. The van der Waals surface area contributed by atoms with Crippen LogP contribution in [0.4, 0.5) is 0 Å². The summed E-state index contributed by atoms with van der Waals surface area (Å²) in [6.45, 7) is 0. The predicted molar refractivity (Wildman–Crippen MR) is 60.4 cm³/mol. The van der Waals surface area contributed by atoms with E-state index >= 15 is 0 Å². The van der Waals surface area contributed by atoms with Crippen LogP contribution in [0, 0.1) is 0 Å². The minimum absolute atomic E-state index is 0. The van der Waals surface area contributed by atoms with Gasteiger partial charge in [-0.25, -0.2) is 17.7 Å². The molecule has 1 aromatic rings. The molecule has 11 heteroatoms. The van der Waals surface area contributed by atoms with Crippen LogP contribution in [-0.2, 0) is 14.6 Å². The fourth-order valence-electron chi connectivity index (χ4n) is 1.12. The van der Waals surface area contributed by atoms with Crippen molar-refractivity contribution in [2.75, 3.05) is 0 Å². The Labute approximate surface area is 102 Å². The van der Waals surface area contributed by atoms with E-state index in [1.54, 1.807) is 12.1 Å². The van der Waals surface area contributed by atoms with Gasteiger partial charge in [-0.15, -0.1) is 0 Å². The number of fused-ring (bicyclic) bond motifs is 1. The summed E-state index contributed by atoms with van der Waals surface area (Å²) in [7, 11) is -8.19. The van der Waals surface area contributed by atoms with Gasteiger partial charge in [-0.3, -0.25) is 4.79 Å². The van der Waals surface area contributed by atoms with Crippen molar-refractivity contribution in [3.8, 4) is 0 Å². The van der Waals surface area contributed by atoms with E-state index in [1.165, 1.54) is 12.1 Å². The summed E-state index contributed by atoms with van der Waals surface area (Å²) in [5, 5.41) is 0. The highest BCUT2D eigenvalue weighted by molar-refractivity contribution is 7.90. The Kier molecular flexibility index (Phi) is 5.17. The van der Waals surface area contributed by atoms with Gasteiger partial charge in [-0.1, -0.05) is 12.1 Å². The van der Waals surface area contributed by atoms with Crippen LogP contribution >= 0.6 is 7.82 Å². The fraction of sp³-hybridized carbons (Fsp3) is 0. The van der Waals surface area contributed by atoms with E-state index in [0.717, 1.165) is 0 Å². The maximum Gasteiger partial charge on any atom is 0.466 e. The minimum atomic E-state index is -4.64. The number of amides is 1. The van der Waals surface area contributed by atoms with E-state index in [2.05, 4.69) is 0 Å². The molecule has 18 heavy (non-hydrogen) atoms. The van der Waals surface area contributed by atoms with Crippen molar-refractivity contribution in [3.63, 3.8) is 0 Å². The molecule has 2 rings (SSSR count). The molecule has 1 amide bonds. The predicted octanol–water partition coefficient (Wildman–Crippen LogP) is -0.648. The van der Waals surface area contributed by atoms with Crippen molar-refractivity contribution in [1.29, 1.82) is 0 Å². The van der Waals surface area contributed by atoms with Crippen LogP contribution in [0.15, 0.2) is 29.2 Å². The van der Waals surface area contributed by atoms with E-state index in [0.29, 0.717) is 0 Å². The zero-order chi connectivity index (χ0) is 13.3. The van der Waals surface area contributed by atoms with Gasteiger partial charge in [0.05, 0.1) is 5.56 Å². The first-order valence-corrected chi connectivity index (χ1v) is 7.10. The first-order valence-electron chi connectivity index (χ1n) is 4.06. The monoisotopic (exact) mass is 298 g/mol. The Morgan fingerprint density at radius 1 is 1.11 bits per heavy atom. The lowest BCUT2D eigenvalue weighted by atomic mass is 10.2. The number of sulfonamides is 1. The maximum absolute atomic E-state index is 11.1. The Bertz CT molecular complexity index is 585. The number of carbonyl (C=O) groups excluding carboxylic acids is 1. The molecule has 0 fully saturated rings. The molecule has 102 valence electrons. The average Bonchev–Trinajstić information content (AvgIpc) is 2.36. The van der Waals surface area contributed by atoms with E-state index in [9.17, 15) is 13.2 Å². The highest BCUT2D eigenvalue weighted by Crippen LogP contribution is 2.25. The Morgan fingerprint density at radius 2 is 1.56 bits per heavy atom. The molecule has 0 saturated heterocycles. The minimum Gasteiger partial charge on any atom is -0.344 e. The third-order valence-corrected chi connectivity index (χ3v) is 3.04. The van der Waals surface area contributed by atoms with Crippen LogP contribution in [0.3, 0.4) is 0 Å². The van der Waals surface area contributed by atoms with Crippen molar-refractivity contribution >= 4 is 23.8 Å². The summed E-state index contributed by atoms with van der Waals surface area (Å²) in [5.74, 6) is -0.550. The third kappa shape index (κ3) is 4.53. The van der Waals surface area contributed by atoms with Crippen molar-refractivity contribution in [2.45, 2.75) is 4.90 Å². The lowest BCUT2D eigenvalue weighted by molar-refractivity contribution is 0.0985. The van der Waals surface area contributed by atoms with E-state index in [4.69, 9.17) is 19.2 Å². The standard InChI is InChI=1S/C7H5NO3S.H3N.H3O4P/c9-7-5-3-1-2-4-6(5)12(10,11)8-7;;1-5(2,3)4/h1-4H,(H,8,9);1H3;(H3,1,2,3,4). The highest BCUT2D eigenvalue weighted by atomic mass is 32.2. The molecule has 1 aliphatic rings. The van der Waals surface area contributed by atoms with Crippen molar-refractivity contribution < 1.29 is 32.5 Å². The lowest BCUT2D eigenvalue weighted by Gasteiger charge is -1.91. The molecule has 0 aromatic heterocycles. The van der Waals surface area contributed by atoms with Gasteiger partial charge in [0, 0.05) is 0 Å². The van der Waals surface area contributed by atoms with Crippen LogP contribution in [0.1, 0.15) is 10.4 Å². The van der Waals surface area contributed by atoms with Gasteiger partial charge in [-0.2, -0.15) is 0 Å². The van der Waals surface area contributed by atoms with E-state index < -0.39 is 23.8 Å². The normalized spacial score (nSPS) is 15.6. The lowest BCUT2D eigenvalue weighted by Crippen LogP contribution is -2.20. The van der Waals surface area contributed by atoms with Crippen molar-refractivity contribution in [2.24, 2.45) is 0 Å². The van der Waals surface area contributed by atoms with Gasteiger partial charge in [-0.05, 0) is 12.1 Å². The van der Waals surface area contributed by atoms with Crippen LogP contribution < -0.4 is 10.9 Å². The molecule has 0 atom stereocenters. The SMILES string of the molecule is N.O=C1NS(=O)(=O)c2ccccc21.O=P(O)(O)O. The van der Waals surface area contributed by atoms with Crippen molar-refractivity contribution in [3.05, 3.63) is 29.8 Å². The van der Waals surface area contributed by atoms with E-state index in [1.807, 2.05) is 4.72 Å². The summed E-state index contributed by atoms with van der Waals surface area (Å²) in [5.41, 5.74) is 0.220. The van der Waals surface area contributed by atoms with Crippen molar-refractivity contribution in [1.82, 2.24) is 10.9 Å². The summed E-state index contributed by atoms with van der Waals surface area (Å²) in [6.07, 6.45) is 0. The maximum atomic E-state index is 11.1. The first kappa shape index (κ1) is 16.7. The molecule has 9 nitrogen and oxygen atoms in total. The molecule has 0 bridgehead atoms. The number of nitrogens with one attached hydrogen (secondary N) is 1. The van der Waals surface area contributed by atoms with Crippen LogP contribution in [-0.4, -0.2) is 29.0 Å². The smallest absolute Gasteiger partial charge is 0.344 e. The zero-order valence-corrected chi connectivity index (χ0v) is 10.6. The van der Waals surface area contributed by atoms with Gasteiger partial charge in [0.15, 0.2) is 0 Å². The third-order valence-electron chi connectivity index (χ3n) is 1.65. The van der Waals surface area contributed by atoms with E-state index in [-0.39, 0.29) is 16.6 Å². The second-order valence-electron chi connectivity index (χ2n) is 2.94. The topological polar surface area (TPSA) is 176 Å². The van der Waals surface area contributed by atoms with Gasteiger partial charge in [0.2, 0.25) is 0 Å². The molecule has 7 N–H and O–H groups in total. The Balaban J connectivity index is 0.000000421. The molecular formula is C7H11N2O7PS. The average molecular weight is 298 g/mol. The molecule has 1 aliphatic heterocycles. The van der Waals surface area contributed by atoms with Crippen LogP contribution in [0.2, 0.25) is 0 Å². The highest BCUT2D eigenvalue weighted by Gasteiger charge is 2.31. The number of hydrogen-bond acceptors (Lipinski definition) is 5. The number of rotatable bonds is 0. The summed E-state index contributed by atoms with van der Waals surface area (Å²) >= 11 is 0. The molecular weight excluding hydrogens is 287 g/mol. The quantitative estimate of drug-likeness (QED) is 0.392. The molecule has 1 heterocycles. The molecule has 1 aromatic carbocycles. The van der Waals surface area contributed by atoms with Gasteiger partial charge in [0.25, 0.3) is 15.9 Å². The largest absolute Gasteiger partial charge is 0.466 e. The molecule has 0 unspecified atom stereocenters. The molecule has 0 aliphatic carbocycles. The zero-order valence-electron chi connectivity index (χ0n) is 8.85. The Morgan fingerprint density at radius 3 is 2.00 bits per heavy atom.